The molecule has 0 fully saturated rings. The average Bonchev–Trinajstić information content (AvgIpc) is 3.06. The van der Waals surface area contributed by atoms with Crippen molar-refractivity contribution >= 4 is 17.4 Å². The number of nitrogens with zero attached hydrogens (tertiary/aromatic N) is 1. The Bertz CT molecular complexity index is 1190. The van der Waals surface area contributed by atoms with Gasteiger partial charge in [-0.05, 0) is 67.3 Å². The third-order valence-electron chi connectivity index (χ3n) is 7.02. The van der Waals surface area contributed by atoms with Crippen LogP contribution in [0, 0.1) is 0 Å². The second-order valence-electron chi connectivity index (χ2n) is 9.21. The lowest BCUT2D eigenvalue weighted by molar-refractivity contribution is -0.135. The van der Waals surface area contributed by atoms with Crippen LogP contribution in [-0.4, -0.2) is 23.3 Å². The lowest BCUT2D eigenvalue weighted by Crippen LogP contribution is -2.42. The van der Waals surface area contributed by atoms with E-state index >= 15 is 0 Å². The first kappa shape index (κ1) is 21.6. The Morgan fingerprint density at radius 1 is 0.909 bits per heavy atom. The van der Waals surface area contributed by atoms with Crippen LogP contribution >= 0.6 is 0 Å². The molecule has 0 radical (unpaired) electrons. The summed E-state index contributed by atoms with van der Waals surface area (Å²) in [4.78, 5) is 28.3. The number of fused-ring (bicyclic) bond motifs is 2. The molecule has 0 spiro atoms. The zero-order valence-corrected chi connectivity index (χ0v) is 18.8. The van der Waals surface area contributed by atoms with Crippen LogP contribution in [0.15, 0.2) is 72.8 Å². The second-order valence-corrected chi connectivity index (χ2v) is 9.21. The van der Waals surface area contributed by atoms with Gasteiger partial charge in [-0.25, -0.2) is 0 Å². The first-order valence-electron chi connectivity index (χ1n) is 11.9. The molecule has 0 bridgehead atoms. The number of para-hydroxylation sites is 1. The fourth-order valence-electron chi connectivity index (χ4n) is 5.23. The highest BCUT2D eigenvalue weighted by atomic mass is 16.3. The Hall–Kier alpha value is -3.24. The molecule has 1 amide bonds. The molecule has 4 heteroatoms. The molecule has 168 valence electrons. The molecular weight excluding hydrogens is 410 g/mol. The van der Waals surface area contributed by atoms with E-state index in [2.05, 4.69) is 12.1 Å². The monoisotopic (exact) mass is 439 g/mol. The lowest BCUT2D eigenvalue weighted by atomic mass is 9.85. The molecule has 0 saturated carbocycles. The molecule has 4 nitrogen and oxygen atoms in total. The standard InChI is InChI=1S/C29H29NO3/c31-27(24-17-16-22-12-4-5-13-23(22)19-24)20-29(33)25-14-6-7-15-26(25)30(28(29)32)18-8-11-21-9-2-1-3-10-21/h1-3,6-7,9-10,14-17,19,33H,4-5,8,11-13,18,20H2. The number of rotatable bonds is 7. The van der Waals surface area contributed by atoms with Crippen molar-refractivity contribution in [3.05, 3.63) is 101 Å². The summed E-state index contributed by atoms with van der Waals surface area (Å²) in [6.45, 7) is 0.500. The van der Waals surface area contributed by atoms with Gasteiger partial charge in [-0.2, -0.15) is 0 Å². The number of ketones is 1. The number of hydrogen-bond acceptors (Lipinski definition) is 3. The molecule has 0 saturated heterocycles. The Labute approximate surface area is 194 Å². The van der Waals surface area contributed by atoms with Crippen molar-refractivity contribution in [1.29, 1.82) is 0 Å². The Morgan fingerprint density at radius 2 is 1.64 bits per heavy atom. The predicted molar refractivity (Wildman–Crippen MR) is 129 cm³/mol. The average molecular weight is 440 g/mol. The van der Waals surface area contributed by atoms with Gasteiger partial charge in [0.05, 0.1) is 12.1 Å². The van der Waals surface area contributed by atoms with Gasteiger partial charge >= 0.3 is 0 Å². The SMILES string of the molecule is O=C(CC1(O)C(=O)N(CCCc2ccccc2)c2ccccc21)c1ccc2c(c1)CCCC2. The number of benzene rings is 3. The van der Waals surface area contributed by atoms with Crippen LogP contribution < -0.4 is 4.90 Å². The fourth-order valence-corrected chi connectivity index (χ4v) is 5.23. The van der Waals surface area contributed by atoms with Gasteiger partial charge in [-0.3, -0.25) is 9.59 Å². The molecule has 1 unspecified atom stereocenters. The number of carbonyl (C=O) groups is 2. The summed E-state index contributed by atoms with van der Waals surface area (Å²) in [5, 5.41) is 11.6. The maximum Gasteiger partial charge on any atom is 0.264 e. The minimum Gasteiger partial charge on any atom is -0.375 e. The molecule has 3 aromatic rings. The predicted octanol–water partition coefficient (Wildman–Crippen LogP) is 5.01. The Morgan fingerprint density at radius 3 is 2.45 bits per heavy atom. The topological polar surface area (TPSA) is 57.6 Å². The van der Waals surface area contributed by atoms with E-state index in [1.54, 1.807) is 11.0 Å². The summed E-state index contributed by atoms with van der Waals surface area (Å²) in [5.41, 5.74) is 3.74. The third kappa shape index (κ3) is 4.11. The number of amides is 1. The van der Waals surface area contributed by atoms with Crippen molar-refractivity contribution in [2.24, 2.45) is 0 Å². The molecule has 1 atom stereocenters. The molecule has 5 rings (SSSR count). The van der Waals surface area contributed by atoms with Crippen LogP contribution in [0.1, 0.15) is 58.3 Å². The molecule has 0 aromatic heterocycles. The number of aryl methyl sites for hydroxylation is 3. The zero-order chi connectivity index (χ0) is 22.8. The van der Waals surface area contributed by atoms with Crippen molar-refractivity contribution in [2.45, 2.75) is 50.5 Å². The summed E-state index contributed by atoms with van der Waals surface area (Å²) >= 11 is 0. The highest BCUT2D eigenvalue weighted by Gasteiger charge is 2.50. The van der Waals surface area contributed by atoms with E-state index in [4.69, 9.17) is 0 Å². The molecule has 1 N–H and O–H groups in total. The maximum atomic E-state index is 13.4. The van der Waals surface area contributed by atoms with Crippen LogP contribution in [0.2, 0.25) is 0 Å². The summed E-state index contributed by atoms with van der Waals surface area (Å²) in [5.74, 6) is -0.594. The van der Waals surface area contributed by atoms with Crippen molar-refractivity contribution in [1.82, 2.24) is 0 Å². The van der Waals surface area contributed by atoms with Crippen LogP contribution in [0.3, 0.4) is 0 Å². The molecule has 1 heterocycles. The van der Waals surface area contributed by atoms with Crippen LogP contribution in [0.4, 0.5) is 5.69 Å². The van der Waals surface area contributed by atoms with Crippen LogP contribution in [0.5, 0.6) is 0 Å². The van der Waals surface area contributed by atoms with Gasteiger partial charge in [0.2, 0.25) is 0 Å². The highest BCUT2D eigenvalue weighted by Crippen LogP contribution is 2.43. The molecule has 1 aliphatic heterocycles. The number of carbonyl (C=O) groups excluding carboxylic acids is 2. The number of aliphatic hydroxyl groups is 1. The van der Waals surface area contributed by atoms with Crippen LogP contribution in [0.25, 0.3) is 0 Å². The smallest absolute Gasteiger partial charge is 0.264 e. The van der Waals surface area contributed by atoms with E-state index in [0.29, 0.717) is 23.4 Å². The van der Waals surface area contributed by atoms with E-state index in [0.717, 1.165) is 32.1 Å². The van der Waals surface area contributed by atoms with E-state index in [-0.39, 0.29) is 12.2 Å². The first-order valence-corrected chi connectivity index (χ1v) is 11.9. The third-order valence-corrected chi connectivity index (χ3v) is 7.02. The van der Waals surface area contributed by atoms with Crippen molar-refractivity contribution in [2.75, 3.05) is 11.4 Å². The van der Waals surface area contributed by atoms with Crippen LogP contribution in [-0.2, 0) is 29.7 Å². The van der Waals surface area contributed by atoms with E-state index < -0.39 is 11.5 Å². The van der Waals surface area contributed by atoms with Crippen molar-refractivity contribution < 1.29 is 14.7 Å². The number of hydrogen-bond donors (Lipinski definition) is 1. The summed E-state index contributed by atoms with van der Waals surface area (Å²) in [6, 6.07) is 23.3. The Balaban J connectivity index is 1.35. The van der Waals surface area contributed by atoms with Gasteiger partial charge in [-0.15, -0.1) is 0 Å². The van der Waals surface area contributed by atoms with Gasteiger partial charge in [0.15, 0.2) is 11.4 Å². The number of anilines is 1. The molecular formula is C29H29NO3. The summed E-state index contributed by atoms with van der Waals surface area (Å²) < 4.78 is 0. The van der Waals surface area contributed by atoms with Crippen molar-refractivity contribution in [3.8, 4) is 0 Å². The number of Topliss-reactive ketones (excluding diaryl/α,β-unsaturated/α-hetero) is 1. The quantitative estimate of drug-likeness (QED) is 0.527. The lowest BCUT2D eigenvalue weighted by Gasteiger charge is -2.23. The van der Waals surface area contributed by atoms with E-state index in [9.17, 15) is 14.7 Å². The largest absolute Gasteiger partial charge is 0.375 e. The highest BCUT2D eigenvalue weighted by molar-refractivity contribution is 6.10. The minimum atomic E-state index is -1.82. The first-order chi connectivity index (χ1) is 16.1. The van der Waals surface area contributed by atoms with Gasteiger partial charge in [0.25, 0.3) is 5.91 Å². The van der Waals surface area contributed by atoms with E-state index in [1.807, 2.05) is 54.6 Å². The molecule has 3 aromatic carbocycles. The summed E-state index contributed by atoms with van der Waals surface area (Å²) in [7, 11) is 0. The summed E-state index contributed by atoms with van der Waals surface area (Å²) in [6.07, 6.45) is 5.74. The fraction of sp³-hybridized carbons (Fsp3) is 0.310. The van der Waals surface area contributed by atoms with Gasteiger partial charge in [-0.1, -0.05) is 60.7 Å². The zero-order valence-electron chi connectivity index (χ0n) is 18.8. The maximum absolute atomic E-state index is 13.4. The van der Waals surface area contributed by atoms with Gasteiger partial charge in [0, 0.05) is 17.7 Å². The normalized spacial score (nSPS) is 19.3. The Kier molecular flexibility index (Phi) is 5.86. The minimum absolute atomic E-state index is 0.194. The molecule has 33 heavy (non-hydrogen) atoms. The van der Waals surface area contributed by atoms with Crippen molar-refractivity contribution in [3.63, 3.8) is 0 Å². The second kappa shape index (κ2) is 8.95. The molecule has 1 aliphatic carbocycles. The molecule has 2 aliphatic rings. The van der Waals surface area contributed by atoms with Gasteiger partial charge in [0.1, 0.15) is 0 Å². The van der Waals surface area contributed by atoms with Gasteiger partial charge < -0.3 is 10.0 Å². The van der Waals surface area contributed by atoms with E-state index in [1.165, 1.54) is 23.1 Å².